The van der Waals surface area contributed by atoms with E-state index in [1.807, 2.05) is 0 Å². The summed E-state index contributed by atoms with van der Waals surface area (Å²) in [7, 11) is 1.74. The summed E-state index contributed by atoms with van der Waals surface area (Å²) in [4.78, 5) is 0. The third kappa shape index (κ3) is 4.32. The number of nitrogens with one attached hydrogen (secondary N) is 1. The van der Waals surface area contributed by atoms with Crippen LogP contribution in [0.3, 0.4) is 0 Å². The summed E-state index contributed by atoms with van der Waals surface area (Å²) < 4.78 is 7.43. The summed E-state index contributed by atoms with van der Waals surface area (Å²) in [5, 5.41) is 8.40. The van der Waals surface area contributed by atoms with Crippen LogP contribution in [-0.2, 0) is 24.1 Å². The van der Waals surface area contributed by atoms with E-state index in [0.717, 1.165) is 19.4 Å². The van der Waals surface area contributed by atoms with Crippen molar-refractivity contribution in [2.24, 2.45) is 0 Å². The third-order valence-corrected chi connectivity index (χ3v) is 3.49. The van der Waals surface area contributed by atoms with E-state index in [9.17, 15) is 0 Å². The van der Waals surface area contributed by atoms with Crippen LogP contribution < -0.4 is 5.32 Å². The van der Waals surface area contributed by atoms with E-state index in [4.69, 9.17) is 9.84 Å². The molecule has 4 nitrogen and oxygen atoms in total. The van der Waals surface area contributed by atoms with Crippen LogP contribution in [0.1, 0.15) is 64.5 Å². The van der Waals surface area contributed by atoms with Crippen molar-refractivity contribution in [1.29, 1.82) is 0 Å². The number of rotatable bonds is 7. The lowest BCUT2D eigenvalue weighted by Crippen LogP contribution is -2.35. The molecule has 0 spiro atoms. The van der Waals surface area contributed by atoms with Crippen molar-refractivity contribution in [3.63, 3.8) is 0 Å². The smallest absolute Gasteiger partial charge is 0.0727 e. The summed E-state index contributed by atoms with van der Waals surface area (Å²) in [6.07, 6.45) is 1.98. The molecular formula is C16H31N3O. The van der Waals surface area contributed by atoms with Gasteiger partial charge in [-0.25, -0.2) is 0 Å². The minimum absolute atomic E-state index is 0.121. The van der Waals surface area contributed by atoms with E-state index in [-0.39, 0.29) is 11.6 Å². The van der Waals surface area contributed by atoms with Crippen LogP contribution in [0.25, 0.3) is 0 Å². The van der Waals surface area contributed by atoms with Crippen LogP contribution in [0.2, 0.25) is 0 Å². The molecule has 0 aliphatic rings. The van der Waals surface area contributed by atoms with Gasteiger partial charge in [-0.2, -0.15) is 5.10 Å². The van der Waals surface area contributed by atoms with Crippen LogP contribution in [0.4, 0.5) is 0 Å². The summed E-state index contributed by atoms with van der Waals surface area (Å²) in [6.45, 7) is 14.7. The molecule has 1 atom stereocenters. The second-order valence-electron chi connectivity index (χ2n) is 6.43. The van der Waals surface area contributed by atoms with Gasteiger partial charge < -0.3 is 10.1 Å². The number of hydrogen-bond acceptors (Lipinski definition) is 3. The molecule has 0 radical (unpaired) electrons. The van der Waals surface area contributed by atoms with Gasteiger partial charge in [0.2, 0.25) is 0 Å². The van der Waals surface area contributed by atoms with Crippen LogP contribution in [0, 0.1) is 0 Å². The predicted molar refractivity (Wildman–Crippen MR) is 84.2 cm³/mol. The highest BCUT2D eigenvalue weighted by Crippen LogP contribution is 2.21. The van der Waals surface area contributed by atoms with E-state index in [1.165, 1.54) is 17.0 Å². The first-order chi connectivity index (χ1) is 9.34. The Bertz CT molecular complexity index is 418. The molecule has 0 saturated heterocycles. The molecule has 0 aliphatic carbocycles. The first-order valence-corrected chi connectivity index (χ1v) is 7.67. The van der Waals surface area contributed by atoms with Gasteiger partial charge in [-0.05, 0) is 40.5 Å². The molecule has 0 bridgehead atoms. The van der Waals surface area contributed by atoms with Gasteiger partial charge in [0, 0.05) is 30.5 Å². The Morgan fingerprint density at radius 1 is 1.25 bits per heavy atom. The van der Waals surface area contributed by atoms with Crippen LogP contribution in [-0.4, -0.2) is 29.0 Å². The van der Waals surface area contributed by atoms with E-state index < -0.39 is 0 Å². The maximum Gasteiger partial charge on any atom is 0.0727 e. The zero-order valence-corrected chi connectivity index (χ0v) is 14.2. The average Bonchev–Trinajstić information content (AvgIpc) is 2.73. The van der Waals surface area contributed by atoms with Crippen molar-refractivity contribution < 1.29 is 4.74 Å². The largest absolute Gasteiger partial charge is 0.382 e. The lowest BCUT2D eigenvalue weighted by molar-refractivity contribution is 0.155. The molecule has 1 N–H and O–H groups in total. The molecule has 1 unspecified atom stereocenters. The molecule has 0 amide bonds. The van der Waals surface area contributed by atoms with E-state index >= 15 is 0 Å². The lowest BCUT2D eigenvalue weighted by Gasteiger charge is -2.21. The molecule has 0 aromatic carbocycles. The summed E-state index contributed by atoms with van der Waals surface area (Å²) in [5.41, 5.74) is 4.04. The standard InChI is InChI=1S/C16H31N3O/c1-8-14-13(10-17-16(4,5)6)15(9-2)19(18-14)12(3)11-20-7/h12,17H,8-11H2,1-7H3. The van der Waals surface area contributed by atoms with Gasteiger partial charge in [-0.1, -0.05) is 13.8 Å². The average molecular weight is 281 g/mol. The van der Waals surface area contributed by atoms with Gasteiger partial charge in [-0.3, -0.25) is 4.68 Å². The van der Waals surface area contributed by atoms with E-state index in [0.29, 0.717) is 6.61 Å². The Morgan fingerprint density at radius 2 is 1.90 bits per heavy atom. The van der Waals surface area contributed by atoms with Gasteiger partial charge in [0.1, 0.15) is 0 Å². The second-order valence-corrected chi connectivity index (χ2v) is 6.43. The lowest BCUT2D eigenvalue weighted by atomic mass is 10.1. The minimum atomic E-state index is 0.121. The molecule has 1 heterocycles. The van der Waals surface area contributed by atoms with Crippen molar-refractivity contribution in [2.75, 3.05) is 13.7 Å². The van der Waals surface area contributed by atoms with Gasteiger partial charge in [0.25, 0.3) is 0 Å². The topological polar surface area (TPSA) is 39.1 Å². The second kappa shape index (κ2) is 7.23. The van der Waals surface area contributed by atoms with Crippen molar-refractivity contribution in [2.45, 2.75) is 72.5 Å². The van der Waals surface area contributed by atoms with Gasteiger partial charge in [-0.15, -0.1) is 0 Å². The Hall–Kier alpha value is -0.870. The van der Waals surface area contributed by atoms with Crippen molar-refractivity contribution >= 4 is 0 Å². The van der Waals surface area contributed by atoms with Crippen LogP contribution in [0.15, 0.2) is 0 Å². The van der Waals surface area contributed by atoms with Gasteiger partial charge in [0.15, 0.2) is 0 Å². The van der Waals surface area contributed by atoms with Crippen LogP contribution in [0.5, 0.6) is 0 Å². The molecule has 1 rings (SSSR count). The number of hydrogen-bond donors (Lipinski definition) is 1. The molecule has 0 fully saturated rings. The highest BCUT2D eigenvalue weighted by atomic mass is 16.5. The highest BCUT2D eigenvalue weighted by Gasteiger charge is 2.20. The normalized spacial score (nSPS) is 13.8. The Kier molecular flexibility index (Phi) is 6.21. The molecule has 1 aromatic heterocycles. The number of methoxy groups -OCH3 is 1. The van der Waals surface area contributed by atoms with Crippen LogP contribution >= 0.6 is 0 Å². The van der Waals surface area contributed by atoms with Crippen molar-refractivity contribution in [3.8, 4) is 0 Å². The van der Waals surface area contributed by atoms with Crippen molar-refractivity contribution in [1.82, 2.24) is 15.1 Å². The first kappa shape index (κ1) is 17.2. The highest BCUT2D eigenvalue weighted by molar-refractivity contribution is 5.27. The summed E-state index contributed by atoms with van der Waals surface area (Å²) in [6, 6.07) is 0.281. The number of nitrogens with zero attached hydrogens (tertiary/aromatic N) is 2. The summed E-state index contributed by atoms with van der Waals surface area (Å²) >= 11 is 0. The molecular weight excluding hydrogens is 250 g/mol. The minimum Gasteiger partial charge on any atom is -0.382 e. The van der Waals surface area contributed by atoms with Gasteiger partial charge in [0.05, 0.1) is 18.3 Å². The fourth-order valence-corrected chi connectivity index (χ4v) is 2.45. The maximum atomic E-state index is 5.28. The predicted octanol–water partition coefficient (Wildman–Crippen LogP) is 3.10. The zero-order valence-electron chi connectivity index (χ0n) is 14.2. The Balaban J connectivity index is 3.07. The summed E-state index contributed by atoms with van der Waals surface area (Å²) in [5.74, 6) is 0. The van der Waals surface area contributed by atoms with E-state index in [2.05, 4.69) is 51.5 Å². The number of ether oxygens (including phenoxy) is 1. The molecule has 0 aliphatic heterocycles. The zero-order chi connectivity index (χ0) is 15.3. The Morgan fingerprint density at radius 3 is 2.35 bits per heavy atom. The Labute approximate surface area is 123 Å². The molecule has 0 saturated carbocycles. The van der Waals surface area contributed by atoms with Crippen molar-refractivity contribution in [3.05, 3.63) is 17.0 Å². The molecule has 1 aromatic rings. The third-order valence-electron chi connectivity index (χ3n) is 3.49. The van der Waals surface area contributed by atoms with E-state index in [1.54, 1.807) is 7.11 Å². The molecule has 4 heteroatoms. The van der Waals surface area contributed by atoms with Gasteiger partial charge >= 0.3 is 0 Å². The number of aryl methyl sites for hydroxylation is 1. The molecule has 20 heavy (non-hydrogen) atoms. The quantitative estimate of drug-likeness (QED) is 0.834. The fraction of sp³-hybridized carbons (Fsp3) is 0.812. The fourth-order valence-electron chi connectivity index (χ4n) is 2.45. The first-order valence-electron chi connectivity index (χ1n) is 7.67. The maximum absolute atomic E-state index is 5.28. The SMILES string of the molecule is CCc1nn(C(C)COC)c(CC)c1CNC(C)(C)C. The monoisotopic (exact) mass is 281 g/mol. The number of aromatic nitrogens is 2. The molecule has 116 valence electrons.